The van der Waals surface area contributed by atoms with E-state index in [1.165, 1.54) is 46.8 Å². The number of benzene rings is 2. The Kier molecular flexibility index (Phi) is 14.1. The molecule has 0 aromatic heterocycles. The first-order valence-corrected chi connectivity index (χ1v) is 22.0. The molecule has 0 unspecified atom stereocenters. The molecule has 5 N–H and O–H groups in total. The van der Waals surface area contributed by atoms with Crippen LogP contribution < -0.4 is 10.7 Å². The lowest BCUT2D eigenvalue weighted by atomic mass is 9.44. The van der Waals surface area contributed by atoms with Crippen LogP contribution in [0.2, 0.25) is 0 Å². The largest absolute Gasteiger partial charge is 0.456 e. The number of likely N-dealkylation sites (N-methyl/N-ethyl adjacent to an activating group) is 1. The first-order chi connectivity index (χ1) is 31.2. The van der Waals surface area contributed by atoms with E-state index in [1.54, 1.807) is 69.7 Å². The number of nitrogens with zero attached hydrogens (tertiary/aromatic N) is 2. The molecule has 2 aromatic carbocycles. The number of quaternary nitrogens is 1. The van der Waals surface area contributed by atoms with Crippen molar-refractivity contribution >= 4 is 47.2 Å². The van der Waals surface area contributed by atoms with Gasteiger partial charge in [-0.15, -0.1) is 0 Å². The zero-order valence-electron chi connectivity index (χ0n) is 39.4. The van der Waals surface area contributed by atoms with Crippen LogP contribution in [0.25, 0.3) is 0 Å². The Morgan fingerprint density at radius 1 is 0.910 bits per heavy atom. The van der Waals surface area contributed by atoms with E-state index in [2.05, 4.69) is 15.8 Å². The van der Waals surface area contributed by atoms with E-state index in [1.807, 2.05) is 0 Å². The molecular formula is C48H61N4O15+. The fourth-order valence-electron chi connectivity index (χ4n) is 10.3. The number of hydrogen-bond acceptors (Lipinski definition) is 16. The maximum absolute atomic E-state index is 15.5. The molecule has 4 aliphatic rings. The molecule has 2 amide bonds. The Labute approximate surface area is 388 Å². The topological polar surface area (TPSA) is 263 Å². The highest BCUT2D eigenvalue weighted by Gasteiger charge is 2.78. The zero-order valence-corrected chi connectivity index (χ0v) is 39.4. The SMILES string of the molecule is CC(=O)O[C@H]1C(=O)[C@@]2(C)[C@H]([C@H](OC(=O)c3ccccc3)[C@@]3(O)C[C@H](OC(=O)[C@H](O)[C@@H](NC(=O)C(C)=NNC(=O)C[N+](C)(C)C)c4ccccc4)C(C)=C1C3(C)C)[C@]1(OC(C)=O)CO[C@@H]1C[C@@H]2O. The molecule has 2 aromatic rings. The molecule has 1 saturated heterocycles. The Bertz CT molecular complexity index is 2360. The van der Waals surface area contributed by atoms with Crippen LogP contribution in [0.3, 0.4) is 0 Å². The van der Waals surface area contributed by atoms with E-state index < -0.39 is 119 Å². The molecule has 67 heavy (non-hydrogen) atoms. The van der Waals surface area contributed by atoms with Gasteiger partial charge in [-0.25, -0.2) is 15.0 Å². The quantitative estimate of drug-likeness (QED) is 0.0478. The van der Waals surface area contributed by atoms with Crippen LogP contribution in [-0.2, 0) is 52.5 Å². The maximum Gasteiger partial charge on any atom is 0.338 e. The van der Waals surface area contributed by atoms with Gasteiger partial charge in [0.2, 0.25) is 0 Å². The van der Waals surface area contributed by atoms with Crippen LogP contribution in [0.15, 0.2) is 76.9 Å². The van der Waals surface area contributed by atoms with Crippen molar-refractivity contribution in [2.75, 3.05) is 34.3 Å². The maximum atomic E-state index is 15.5. The molecule has 1 heterocycles. The lowest BCUT2D eigenvalue weighted by Gasteiger charge is -2.67. The second kappa shape index (κ2) is 18.7. The Balaban J connectivity index is 1.47. The minimum Gasteiger partial charge on any atom is -0.456 e. The number of carbonyl (C=O) groups is 7. The lowest BCUT2D eigenvalue weighted by Crippen LogP contribution is -2.82. The summed E-state index contributed by atoms with van der Waals surface area (Å²) >= 11 is 0. The molecule has 2 bridgehead atoms. The molecule has 362 valence electrons. The van der Waals surface area contributed by atoms with Crippen LogP contribution in [-0.4, -0.2) is 149 Å². The fraction of sp³-hybridized carbons (Fsp3) is 0.542. The predicted octanol–water partition coefficient (Wildman–Crippen LogP) is 1.62. The predicted molar refractivity (Wildman–Crippen MR) is 236 cm³/mol. The number of nitrogens with one attached hydrogen (secondary N) is 2. The van der Waals surface area contributed by atoms with Gasteiger partial charge in [0.25, 0.3) is 11.8 Å². The number of amides is 2. The van der Waals surface area contributed by atoms with Crippen LogP contribution in [0.4, 0.5) is 0 Å². The van der Waals surface area contributed by atoms with Crippen molar-refractivity contribution in [1.29, 1.82) is 0 Å². The number of rotatable bonds is 13. The van der Waals surface area contributed by atoms with E-state index in [9.17, 15) is 44.1 Å². The van der Waals surface area contributed by atoms with Gasteiger partial charge in [-0.3, -0.25) is 24.0 Å². The number of ketones is 1. The van der Waals surface area contributed by atoms with Crippen LogP contribution in [0.1, 0.15) is 83.3 Å². The highest BCUT2D eigenvalue weighted by atomic mass is 16.6. The summed E-state index contributed by atoms with van der Waals surface area (Å²) in [5, 5.41) is 44.1. The van der Waals surface area contributed by atoms with Gasteiger partial charge in [0, 0.05) is 32.1 Å². The Morgan fingerprint density at radius 3 is 2.07 bits per heavy atom. The number of aliphatic hydroxyl groups excluding tert-OH is 2. The zero-order chi connectivity index (χ0) is 49.6. The number of esters is 4. The van der Waals surface area contributed by atoms with E-state index >= 15 is 4.79 Å². The van der Waals surface area contributed by atoms with Crippen molar-refractivity contribution in [3.63, 3.8) is 0 Å². The molecule has 6 rings (SSSR count). The number of fused-ring (bicyclic) bond motifs is 5. The van der Waals surface area contributed by atoms with Crippen LogP contribution in [0, 0.1) is 16.7 Å². The van der Waals surface area contributed by atoms with Gasteiger partial charge < -0.3 is 48.8 Å². The van der Waals surface area contributed by atoms with Crippen molar-refractivity contribution in [3.8, 4) is 0 Å². The summed E-state index contributed by atoms with van der Waals surface area (Å²) in [6.45, 7) is 9.19. The normalized spacial score (nSPS) is 30.9. The third-order valence-corrected chi connectivity index (χ3v) is 13.7. The minimum absolute atomic E-state index is 0.0399. The molecule has 2 saturated carbocycles. The van der Waals surface area contributed by atoms with Crippen LogP contribution in [0.5, 0.6) is 0 Å². The van der Waals surface area contributed by atoms with E-state index in [0.717, 1.165) is 13.8 Å². The van der Waals surface area contributed by atoms with Gasteiger partial charge in [-0.05, 0) is 49.6 Å². The van der Waals surface area contributed by atoms with E-state index in [-0.39, 0.29) is 52.0 Å². The summed E-state index contributed by atoms with van der Waals surface area (Å²) in [6, 6.07) is 14.3. The van der Waals surface area contributed by atoms with Crippen molar-refractivity contribution in [1.82, 2.24) is 10.7 Å². The summed E-state index contributed by atoms with van der Waals surface area (Å²) in [5.41, 5.74) is -5.51. The van der Waals surface area contributed by atoms with Crippen molar-refractivity contribution in [3.05, 3.63) is 82.9 Å². The molecule has 19 nitrogen and oxygen atoms in total. The number of carbonyl (C=O) groups excluding carboxylic acids is 7. The summed E-state index contributed by atoms with van der Waals surface area (Å²) in [7, 11) is 5.39. The first kappa shape index (κ1) is 50.6. The fourth-order valence-corrected chi connectivity index (χ4v) is 10.3. The van der Waals surface area contributed by atoms with Gasteiger partial charge in [0.05, 0.1) is 56.8 Å². The number of hydrazone groups is 1. The minimum atomic E-state index is -2.44. The second-order valence-electron chi connectivity index (χ2n) is 19.7. The number of Topliss-reactive ketones (excluding diaryl/α,β-unsaturated/α-hetero) is 1. The number of aliphatic hydroxyl groups is 3. The van der Waals surface area contributed by atoms with Gasteiger partial charge in [-0.2, -0.15) is 5.10 Å². The number of ether oxygens (including phenoxy) is 5. The van der Waals surface area contributed by atoms with Crippen molar-refractivity contribution in [2.24, 2.45) is 21.8 Å². The Hall–Kier alpha value is -5.86. The summed E-state index contributed by atoms with van der Waals surface area (Å²) < 4.78 is 30.6. The smallest absolute Gasteiger partial charge is 0.338 e. The summed E-state index contributed by atoms with van der Waals surface area (Å²) in [4.78, 5) is 96.3. The molecule has 1 aliphatic heterocycles. The highest BCUT2D eigenvalue weighted by molar-refractivity contribution is 6.38. The molecule has 3 aliphatic carbocycles. The van der Waals surface area contributed by atoms with Gasteiger partial charge in [-0.1, -0.05) is 62.4 Å². The second-order valence-corrected chi connectivity index (χ2v) is 19.7. The Morgan fingerprint density at radius 2 is 1.52 bits per heavy atom. The molecule has 11 atom stereocenters. The average Bonchev–Trinajstić information content (AvgIpc) is 3.25. The van der Waals surface area contributed by atoms with E-state index in [4.69, 9.17) is 23.7 Å². The molecular weight excluding hydrogens is 873 g/mol. The molecule has 19 heteroatoms. The van der Waals surface area contributed by atoms with Crippen molar-refractivity contribution < 1.29 is 77.0 Å². The standard InChI is InChI=1S/C48H60N4O15/c1-25-31(65-44(61)37(57)36(29-17-13-11-14-18-29)49-42(59)26(2)50-51-34(56)23-52(8,9)10)22-48(62)41(66-43(60)30-19-15-12-16-20-30)39-46(7,32(55)21-33-47(39,24-63-33)67-28(4)54)40(58)38(64-27(3)53)35(25)45(48,5)6/h11-20,31-33,36-39,41,55,57,62H,21-24H2,1-10H3,(H-,49,51,56,59)/p+1/t31-,32-,33+,36-,37+,38+,39-,41-,46+,47-,48-/m0/s1. The molecule has 0 radical (unpaired) electrons. The van der Waals surface area contributed by atoms with Crippen molar-refractivity contribution in [2.45, 2.75) is 115 Å². The van der Waals surface area contributed by atoms with Gasteiger partial charge in [0.1, 0.15) is 29.6 Å². The summed E-state index contributed by atoms with van der Waals surface area (Å²) in [5.74, 6) is -7.78. The van der Waals surface area contributed by atoms with E-state index in [0.29, 0.717) is 0 Å². The lowest BCUT2D eigenvalue weighted by molar-refractivity contribution is -0.862. The van der Waals surface area contributed by atoms with Crippen LogP contribution >= 0.6 is 0 Å². The molecule has 3 fully saturated rings. The number of hydrogen-bond donors (Lipinski definition) is 5. The third-order valence-electron chi connectivity index (χ3n) is 13.7. The summed E-state index contributed by atoms with van der Waals surface area (Å²) in [6.07, 6.45) is -10.9. The average molecular weight is 934 g/mol. The monoisotopic (exact) mass is 933 g/mol. The highest BCUT2D eigenvalue weighted by Crippen LogP contribution is 2.64. The third kappa shape index (κ3) is 9.39. The first-order valence-electron chi connectivity index (χ1n) is 22.0. The van der Waals surface area contributed by atoms with Gasteiger partial charge >= 0.3 is 23.9 Å². The molecule has 0 spiro atoms. The van der Waals surface area contributed by atoms with Gasteiger partial charge in [0.15, 0.2) is 30.1 Å².